The van der Waals surface area contributed by atoms with Gasteiger partial charge in [-0.2, -0.15) is 0 Å². The number of ether oxygens (including phenoxy) is 2. The molecule has 2 rings (SSSR count). The molecule has 1 aromatic carbocycles. The molecule has 1 aromatic rings. The zero-order chi connectivity index (χ0) is 15.9. The van der Waals surface area contributed by atoms with Gasteiger partial charge in [-0.3, -0.25) is 0 Å². The first-order chi connectivity index (χ1) is 10.6. The molecule has 122 valence electrons. The Labute approximate surface area is 136 Å². The Kier molecular flexibility index (Phi) is 6.34. The minimum Gasteiger partial charge on any atom is -0.495 e. The van der Waals surface area contributed by atoms with Crippen LogP contribution in [0.4, 0.5) is 10.5 Å². The van der Waals surface area contributed by atoms with Crippen LogP contribution in [0.5, 0.6) is 5.75 Å². The number of methoxy groups -OCH3 is 1. The third kappa shape index (κ3) is 4.78. The van der Waals surface area contributed by atoms with Gasteiger partial charge in [-0.15, -0.1) is 0 Å². The molecule has 1 fully saturated rings. The highest BCUT2D eigenvalue weighted by Crippen LogP contribution is 2.27. The fourth-order valence-electron chi connectivity index (χ4n) is 2.46. The van der Waals surface area contributed by atoms with E-state index in [9.17, 15) is 4.79 Å². The minimum absolute atomic E-state index is 0.184. The van der Waals surface area contributed by atoms with Crippen molar-refractivity contribution >= 4 is 23.3 Å². The zero-order valence-electron chi connectivity index (χ0n) is 13.1. The van der Waals surface area contributed by atoms with Crippen LogP contribution in [-0.4, -0.2) is 44.3 Å². The third-order valence-electron chi connectivity index (χ3n) is 3.81. The summed E-state index contributed by atoms with van der Waals surface area (Å²) in [4.78, 5) is 13.9. The van der Waals surface area contributed by atoms with Crippen molar-refractivity contribution in [3.63, 3.8) is 0 Å². The van der Waals surface area contributed by atoms with Gasteiger partial charge in [-0.05, 0) is 43.9 Å². The minimum atomic E-state index is -0.184. The van der Waals surface area contributed by atoms with E-state index in [-0.39, 0.29) is 12.1 Å². The molecule has 0 aromatic heterocycles. The maximum atomic E-state index is 12.2. The van der Waals surface area contributed by atoms with Gasteiger partial charge in [0.05, 0.1) is 18.9 Å². The van der Waals surface area contributed by atoms with Gasteiger partial charge in [0, 0.05) is 25.2 Å². The maximum absolute atomic E-state index is 12.2. The smallest absolute Gasteiger partial charge is 0.321 e. The van der Waals surface area contributed by atoms with Crippen LogP contribution < -0.4 is 10.1 Å². The molecular formula is C16H23ClN2O3. The van der Waals surface area contributed by atoms with E-state index >= 15 is 0 Å². The molecule has 1 unspecified atom stereocenters. The highest BCUT2D eigenvalue weighted by molar-refractivity contribution is 6.31. The number of anilines is 1. The van der Waals surface area contributed by atoms with Crippen molar-refractivity contribution in [3.8, 4) is 5.75 Å². The van der Waals surface area contributed by atoms with E-state index in [0.29, 0.717) is 23.0 Å². The normalized spacial score (nSPS) is 17.9. The van der Waals surface area contributed by atoms with Crippen molar-refractivity contribution in [2.24, 2.45) is 0 Å². The number of carbonyl (C=O) groups is 1. The van der Waals surface area contributed by atoms with Gasteiger partial charge in [0.15, 0.2) is 0 Å². The predicted octanol–water partition coefficient (Wildman–Crippen LogP) is 3.77. The molecule has 0 bridgehead atoms. The molecule has 1 aliphatic rings. The van der Waals surface area contributed by atoms with E-state index in [0.717, 1.165) is 25.9 Å². The van der Waals surface area contributed by atoms with Crippen molar-refractivity contribution in [3.05, 3.63) is 23.2 Å². The van der Waals surface area contributed by atoms with Gasteiger partial charge < -0.3 is 19.7 Å². The van der Waals surface area contributed by atoms with Crippen LogP contribution in [0, 0.1) is 0 Å². The Bertz CT molecular complexity index is 504. The second kappa shape index (κ2) is 8.25. The molecule has 1 heterocycles. The molecule has 6 heteroatoms. The number of halogens is 1. The molecule has 0 radical (unpaired) electrons. The van der Waals surface area contributed by atoms with Crippen molar-refractivity contribution in [1.82, 2.24) is 4.90 Å². The summed E-state index contributed by atoms with van der Waals surface area (Å²) in [7, 11) is 3.33. The highest BCUT2D eigenvalue weighted by atomic mass is 35.5. The van der Waals surface area contributed by atoms with Crippen LogP contribution in [0.3, 0.4) is 0 Å². The van der Waals surface area contributed by atoms with Gasteiger partial charge in [0.2, 0.25) is 0 Å². The number of hydrogen-bond acceptors (Lipinski definition) is 3. The molecule has 1 aliphatic heterocycles. The van der Waals surface area contributed by atoms with E-state index in [2.05, 4.69) is 5.32 Å². The number of nitrogens with zero attached hydrogens (tertiary/aromatic N) is 1. The molecule has 0 saturated carbocycles. The predicted molar refractivity (Wildman–Crippen MR) is 87.9 cm³/mol. The van der Waals surface area contributed by atoms with Crippen molar-refractivity contribution < 1.29 is 14.3 Å². The largest absolute Gasteiger partial charge is 0.495 e. The summed E-state index contributed by atoms with van der Waals surface area (Å²) < 4.78 is 10.9. The first kappa shape index (κ1) is 16.9. The van der Waals surface area contributed by atoms with Crippen LogP contribution in [0.2, 0.25) is 5.02 Å². The first-order valence-electron chi connectivity index (χ1n) is 7.57. The fourth-order valence-corrected chi connectivity index (χ4v) is 2.63. The van der Waals surface area contributed by atoms with E-state index in [1.165, 1.54) is 6.42 Å². The monoisotopic (exact) mass is 326 g/mol. The van der Waals surface area contributed by atoms with E-state index < -0.39 is 0 Å². The van der Waals surface area contributed by atoms with Gasteiger partial charge >= 0.3 is 6.03 Å². The van der Waals surface area contributed by atoms with Crippen LogP contribution in [-0.2, 0) is 4.74 Å². The van der Waals surface area contributed by atoms with E-state index in [1.54, 1.807) is 37.3 Å². The standard InChI is InChI=1S/C16H23ClN2O3/c1-19(9-8-13-5-3-4-10-22-13)16(20)18-14-11-12(17)6-7-15(14)21-2/h6-7,11,13H,3-5,8-10H2,1-2H3,(H,18,20). The molecular weight excluding hydrogens is 304 g/mol. The van der Waals surface area contributed by atoms with Crippen molar-refractivity contribution in [1.29, 1.82) is 0 Å². The maximum Gasteiger partial charge on any atom is 0.321 e. The summed E-state index contributed by atoms with van der Waals surface area (Å²) in [5.74, 6) is 0.585. The van der Waals surface area contributed by atoms with Crippen LogP contribution in [0.1, 0.15) is 25.7 Å². The van der Waals surface area contributed by atoms with Crippen molar-refractivity contribution in [2.75, 3.05) is 32.6 Å². The molecule has 0 aliphatic carbocycles. The van der Waals surface area contributed by atoms with Gasteiger partial charge in [0.1, 0.15) is 5.75 Å². The summed E-state index contributed by atoms with van der Waals surface area (Å²) in [6, 6.07) is 4.95. The first-order valence-corrected chi connectivity index (χ1v) is 7.95. The Morgan fingerprint density at radius 2 is 2.32 bits per heavy atom. The summed E-state index contributed by atoms with van der Waals surface area (Å²) >= 11 is 5.96. The van der Waals surface area contributed by atoms with Crippen LogP contribution >= 0.6 is 11.6 Å². The van der Waals surface area contributed by atoms with Crippen molar-refractivity contribution in [2.45, 2.75) is 31.8 Å². The zero-order valence-corrected chi connectivity index (χ0v) is 13.9. The Balaban J connectivity index is 1.86. The number of nitrogens with one attached hydrogen (secondary N) is 1. The number of amides is 2. The Morgan fingerprint density at radius 1 is 1.50 bits per heavy atom. The molecule has 1 atom stereocenters. The lowest BCUT2D eigenvalue weighted by atomic mass is 10.1. The molecule has 1 saturated heterocycles. The Hall–Kier alpha value is -1.46. The summed E-state index contributed by atoms with van der Waals surface area (Å²) in [6.07, 6.45) is 4.56. The summed E-state index contributed by atoms with van der Waals surface area (Å²) in [5.41, 5.74) is 0.570. The fraction of sp³-hybridized carbons (Fsp3) is 0.562. The lowest BCUT2D eigenvalue weighted by molar-refractivity contribution is 0.00848. The quantitative estimate of drug-likeness (QED) is 0.896. The molecule has 2 amide bonds. The van der Waals surface area contributed by atoms with E-state index in [4.69, 9.17) is 21.1 Å². The lowest BCUT2D eigenvalue weighted by Gasteiger charge is -2.25. The average Bonchev–Trinajstić information content (AvgIpc) is 2.53. The van der Waals surface area contributed by atoms with Crippen LogP contribution in [0.15, 0.2) is 18.2 Å². The van der Waals surface area contributed by atoms with Gasteiger partial charge in [0.25, 0.3) is 0 Å². The lowest BCUT2D eigenvalue weighted by Crippen LogP contribution is -2.34. The number of rotatable bonds is 5. The molecule has 1 N–H and O–H groups in total. The molecule has 0 spiro atoms. The SMILES string of the molecule is COc1ccc(Cl)cc1NC(=O)N(C)CCC1CCCCO1. The second-order valence-electron chi connectivity index (χ2n) is 5.47. The van der Waals surface area contributed by atoms with Gasteiger partial charge in [-0.1, -0.05) is 11.6 Å². The Morgan fingerprint density at radius 3 is 3.00 bits per heavy atom. The number of hydrogen-bond donors (Lipinski definition) is 1. The number of urea groups is 1. The number of benzene rings is 1. The average molecular weight is 327 g/mol. The summed E-state index contributed by atoms with van der Waals surface area (Å²) in [5, 5.41) is 3.38. The molecule has 5 nitrogen and oxygen atoms in total. The second-order valence-corrected chi connectivity index (χ2v) is 5.91. The van der Waals surface area contributed by atoms with E-state index in [1.807, 2.05) is 0 Å². The highest BCUT2D eigenvalue weighted by Gasteiger charge is 2.17. The summed E-state index contributed by atoms with van der Waals surface area (Å²) in [6.45, 7) is 1.49. The number of carbonyl (C=O) groups excluding carboxylic acids is 1. The third-order valence-corrected chi connectivity index (χ3v) is 4.05. The molecule has 22 heavy (non-hydrogen) atoms. The topological polar surface area (TPSA) is 50.8 Å². The van der Waals surface area contributed by atoms with Crippen LogP contribution in [0.25, 0.3) is 0 Å². The van der Waals surface area contributed by atoms with Gasteiger partial charge in [-0.25, -0.2) is 4.79 Å².